The van der Waals surface area contributed by atoms with Crippen molar-refractivity contribution >= 4 is 17.6 Å². The van der Waals surface area contributed by atoms with E-state index >= 15 is 0 Å². The van der Waals surface area contributed by atoms with Crippen LogP contribution in [-0.2, 0) is 14.3 Å². The molecule has 0 aliphatic carbocycles. The first-order valence-electron chi connectivity index (χ1n) is 11.0. The van der Waals surface area contributed by atoms with Crippen molar-refractivity contribution in [3.63, 3.8) is 0 Å². The Morgan fingerprint density at radius 2 is 1.97 bits per heavy atom. The van der Waals surface area contributed by atoms with Gasteiger partial charge >= 0.3 is 6.03 Å². The van der Waals surface area contributed by atoms with E-state index in [0.717, 1.165) is 57.5 Å². The number of nitrogens with zero attached hydrogens (tertiary/aromatic N) is 1. The third kappa shape index (κ3) is 8.04. The molecule has 0 aromatic heterocycles. The van der Waals surface area contributed by atoms with Gasteiger partial charge in [0.25, 0.3) is 0 Å². The third-order valence-electron chi connectivity index (χ3n) is 5.40. The molecule has 11 heteroatoms. The van der Waals surface area contributed by atoms with Crippen LogP contribution in [0, 0.1) is 11.6 Å². The molecule has 0 radical (unpaired) electrons. The van der Waals surface area contributed by atoms with E-state index in [4.69, 9.17) is 9.47 Å². The fourth-order valence-corrected chi connectivity index (χ4v) is 3.65. The monoisotopic (exact) mass is 468 g/mol. The van der Waals surface area contributed by atoms with Crippen molar-refractivity contribution < 1.29 is 33.0 Å². The molecule has 4 N–H and O–H groups in total. The van der Waals surface area contributed by atoms with E-state index in [-0.39, 0.29) is 18.0 Å². The number of hydrogen-bond acceptors (Lipinski definition) is 6. The molecule has 2 heterocycles. The van der Waals surface area contributed by atoms with Gasteiger partial charge in [-0.25, -0.2) is 13.6 Å². The summed E-state index contributed by atoms with van der Waals surface area (Å²) in [6, 6.07) is 1.22. The Hall–Kier alpha value is -2.60. The second-order valence-electron chi connectivity index (χ2n) is 7.89. The lowest BCUT2D eigenvalue weighted by atomic mass is 10.0. The Kier molecular flexibility index (Phi) is 9.55. The van der Waals surface area contributed by atoms with Gasteiger partial charge in [-0.15, -0.1) is 0 Å². The van der Waals surface area contributed by atoms with Gasteiger partial charge in [0, 0.05) is 25.7 Å². The number of carbonyl (C=O) groups is 2. The first-order chi connectivity index (χ1) is 15.9. The molecular weight excluding hydrogens is 438 g/mol. The highest BCUT2D eigenvalue weighted by atomic mass is 19.1. The molecule has 182 valence electrons. The average Bonchev–Trinajstić information content (AvgIpc) is 2.81. The number of urea groups is 1. The van der Waals surface area contributed by atoms with Crippen molar-refractivity contribution in [2.45, 2.75) is 31.1 Å². The zero-order valence-electron chi connectivity index (χ0n) is 18.3. The summed E-state index contributed by atoms with van der Waals surface area (Å²) in [6.45, 7) is 4.33. The number of aliphatic hydroxyl groups is 1. The molecule has 1 aromatic carbocycles. The lowest BCUT2D eigenvalue weighted by Gasteiger charge is -2.31. The first-order valence-corrected chi connectivity index (χ1v) is 11.0. The van der Waals surface area contributed by atoms with Gasteiger partial charge in [0.05, 0.1) is 44.1 Å². The molecule has 9 nitrogen and oxygen atoms in total. The van der Waals surface area contributed by atoms with Gasteiger partial charge in [0.15, 0.2) is 0 Å². The van der Waals surface area contributed by atoms with Crippen LogP contribution in [0.2, 0.25) is 0 Å². The minimum atomic E-state index is -0.794. The number of hydrogen-bond donors (Lipinski definition) is 4. The van der Waals surface area contributed by atoms with Crippen LogP contribution in [0.4, 0.5) is 19.3 Å². The standard InChI is InChI=1S/C22H30F2N4O5/c23-15-2-4-17(24)19(12-15)27-22(31)26-18-5-3-16(33-20(18)14-29)13-21(30)25-6-1-7-28-8-10-32-11-9-28/h2-5,12,16,18,20,29H,1,6-11,13-14H2,(H,25,30)(H2,26,27,31)/t16-,18-,20-/m0/s1. The highest BCUT2D eigenvalue weighted by Gasteiger charge is 2.29. The van der Waals surface area contributed by atoms with Crippen LogP contribution in [0.1, 0.15) is 12.8 Å². The maximum atomic E-state index is 13.7. The van der Waals surface area contributed by atoms with Crippen molar-refractivity contribution in [1.29, 1.82) is 0 Å². The van der Waals surface area contributed by atoms with Crippen LogP contribution in [0.3, 0.4) is 0 Å². The van der Waals surface area contributed by atoms with E-state index in [1.54, 1.807) is 12.2 Å². The molecule has 1 fully saturated rings. The van der Waals surface area contributed by atoms with E-state index < -0.39 is 42.5 Å². The van der Waals surface area contributed by atoms with Gasteiger partial charge in [-0.05, 0) is 25.1 Å². The molecule has 3 atom stereocenters. The molecule has 0 bridgehead atoms. The summed E-state index contributed by atoms with van der Waals surface area (Å²) in [5, 5.41) is 17.3. The smallest absolute Gasteiger partial charge is 0.319 e. The van der Waals surface area contributed by atoms with E-state index in [2.05, 4.69) is 20.9 Å². The van der Waals surface area contributed by atoms with Gasteiger partial charge < -0.3 is 30.5 Å². The number of rotatable bonds is 9. The Labute approximate surface area is 191 Å². The average molecular weight is 469 g/mol. The number of halogens is 2. The van der Waals surface area contributed by atoms with Crippen LogP contribution in [-0.4, -0.2) is 86.2 Å². The van der Waals surface area contributed by atoms with Gasteiger partial charge in [-0.1, -0.05) is 12.2 Å². The quantitative estimate of drug-likeness (QED) is 0.318. The number of anilines is 1. The number of benzene rings is 1. The second kappa shape index (κ2) is 12.6. The molecule has 3 rings (SSSR count). The fourth-order valence-electron chi connectivity index (χ4n) is 3.65. The van der Waals surface area contributed by atoms with Crippen molar-refractivity contribution in [2.24, 2.45) is 0 Å². The molecule has 0 spiro atoms. The van der Waals surface area contributed by atoms with E-state index in [1.165, 1.54) is 0 Å². The summed E-state index contributed by atoms with van der Waals surface area (Å²) in [7, 11) is 0. The minimum absolute atomic E-state index is 0.0813. The zero-order chi connectivity index (χ0) is 23.6. The summed E-state index contributed by atoms with van der Waals surface area (Å²) in [6.07, 6.45) is 2.81. The predicted molar refractivity (Wildman–Crippen MR) is 117 cm³/mol. The lowest BCUT2D eigenvalue weighted by Crippen LogP contribution is -2.50. The highest BCUT2D eigenvalue weighted by molar-refractivity contribution is 5.89. The normalized spacial score (nSPS) is 23.2. The fraction of sp³-hybridized carbons (Fsp3) is 0.545. The summed E-state index contributed by atoms with van der Waals surface area (Å²) < 4.78 is 38.0. The van der Waals surface area contributed by atoms with E-state index in [9.17, 15) is 23.5 Å². The Morgan fingerprint density at radius 3 is 2.73 bits per heavy atom. The van der Waals surface area contributed by atoms with Crippen molar-refractivity contribution in [2.75, 3.05) is 51.3 Å². The molecule has 1 saturated heterocycles. The number of nitrogens with one attached hydrogen (secondary N) is 3. The maximum absolute atomic E-state index is 13.7. The molecule has 1 aromatic rings. The van der Waals surface area contributed by atoms with Crippen molar-refractivity contribution in [3.8, 4) is 0 Å². The largest absolute Gasteiger partial charge is 0.394 e. The van der Waals surface area contributed by atoms with Crippen molar-refractivity contribution in [3.05, 3.63) is 42.0 Å². The summed E-state index contributed by atoms with van der Waals surface area (Å²) in [5.74, 6) is -1.64. The second-order valence-corrected chi connectivity index (χ2v) is 7.89. The van der Waals surface area contributed by atoms with Crippen LogP contribution < -0.4 is 16.0 Å². The van der Waals surface area contributed by atoms with Crippen LogP contribution in [0.5, 0.6) is 0 Å². The van der Waals surface area contributed by atoms with Gasteiger partial charge in [0.2, 0.25) is 5.91 Å². The molecular formula is C22H30F2N4O5. The minimum Gasteiger partial charge on any atom is -0.394 e. The number of carbonyl (C=O) groups excluding carboxylic acids is 2. The van der Waals surface area contributed by atoms with Crippen molar-refractivity contribution in [1.82, 2.24) is 15.5 Å². The summed E-state index contributed by atoms with van der Waals surface area (Å²) in [5.41, 5.74) is -0.308. The highest BCUT2D eigenvalue weighted by Crippen LogP contribution is 2.18. The number of amides is 3. The Morgan fingerprint density at radius 1 is 1.18 bits per heavy atom. The van der Waals surface area contributed by atoms with E-state index in [0.29, 0.717) is 6.54 Å². The zero-order valence-corrected chi connectivity index (χ0v) is 18.3. The van der Waals surface area contributed by atoms with Gasteiger partial charge in [0.1, 0.15) is 17.7 Å². The third-order valence-corrected chi connectivity index (χ3v) is 5.40. The molecule has 33 heavy (non-hydrogen) atoms. The summed E-state index contributed by atoms with van der Waals surface area (Å²) in [4.78, 5) is 26.7. The topological polar surface area (TPSA) is 112 Å². The number of morpholine rings is 1. The van der Waals surface area contributed by atoms with E-state index in [1.807, 2.05) is 0 Å². The molecule has 0 unspecified atom stereocenters. The molecule has 3 amide bonds. The lowest BCUT2D eigenvalue weighted by molar-refractivity contribution is -0.125. The number of aliphatic hydroxyl groups excluding tert-OH is 1. The van der Waals surface area contributed by atoms with Gasteiger partial charge in [-0.2, -0.15) is 0 Å². The van der Waals surface area contributed by atoms with Crippen LogP contribution in [0.15, 0.2) is 30.4 Å². The Bertz CT molecular complexity index is 835. The van der Waals surface area contributed by atoms with Crippen LogP contribution >= 0.6 is 0 Å². The SMILES string of the molecule is O=C(C[C@@H]1C=C[C@H](NC(=O)Nc2cc(F)ccc2F)[C@H](CO)O1)NCCCN1CCOCC1. The van der Waals surface area contributed by atoms with Gasteiger partial charge in [-0.3, -0.25) is 9.69 Å². The summed E-state index contributed by atoms with van der Waals surface area (Å²) >= 11 is 0. The molecule has 2 aliphatic heterocycles. The first kappa shape index (κ1) is 25.0. The number of ether oxygens (including phenoxy) is 2. The molecule has 0 saturated carbocycles. The molecule has 2 aliphatic rings. The predicted octanol–water partition coefficient (Wildman–Crippen LogP) is 0.999. The van der Waals surface area contributed by atoms with Crippen LogP contribution in [0.25, 0.3) is 0 Å². The Balaban J connectivity index is 1.41. The maximum Gasteiger partial charge on any atom is 0.319 e.